The van der Waals surface area contributed by atoms with Gasteiger partial charge in [-0.25, -0.2) is 9.37 Å². The Morgan fingerprint density at radius 3 is 2.71 bits per heavy atom. The van der Waals surface area contributed by atoms with Crippen LogP contribution in [0.15, 0.2) is 69.9 Å². The first-order chi connectivity index (χ1) is 13.6. The zero-order chi connectivity index (χ0) is 19.5. The summed E-state index contributed by atoms with van der Waals surface area (Å²) < 4.78 is 15.8. The molecule has 4 aromatic rings. The van der Waals surface area contributed by atoms with Gasteiger partial charge in [-0.05, 0) is 53.3 Å². The number of fused-ring (bicyclic) bond motifs is 1. The van der Waals surface area contributed by atoms with Crippen molar-refractivity contribution in [3.05, 3.63) is 92.3 Å². The molecule has 0 aliphatic heterocycles. The minimum atomic E-state index is -0.264. The number of rotatable bonds is 6. The second-order valence-corrected chi connectivity index (χ2v) is 8.58. The van der Waals surface area contributed by atoms with Crippen LogP contribution in [-0.2, 0) is 18.7 Å². The maximum Gasteiger partial charge on any atom is 0.272 e. The smallest absolute Gasteiger partial charge is 0.272 e. The topological polar surface area (TPSA) is 34.9 Å². The van der Waals surface area contributed by atoms with E-state index in [4.69, 9.17) is 11.6 Å². The van der Waals surface area contributed by atoms with Crippen LogP contribution < -0.4 is 5.56 Å². The lowest BCUT2D eigenvalue weighted by Crippen LogP contribution is -2.23. The normalized spacial score (nSPS) is 11.2. The van der Waals surface area contributed by atoms with Crippen LogP contribution in [0.2, 0.25) is 5.02 Å². The first-order valence-electron chi connectivity index (χ1n) is 8.70. The summed E-state index contributed by atoms with van der Waals surface area (Å²) in [6.07, 6.45) is 0.698. The van der Waals surface area contributed by atoms with Crippen LogP contribution >= 0.6 is 34.7 Å². The van der Waals surface area contributed by atoms with Crippen LogP contribution in [0, 0.1) is 5.82 Å². The second-order valence-electron chi connectivity index (χ2n) is 6.28. The average molecular weight is 431 g/mol. The molecule has 3 nitrogen and oxygen atoms in total. The molecule has 2 aromatic carbocycles. The summed E-state index contributed by atoms with van der Waals surface area (Å²) in [4.78, 5) is 17.7. The monoisotopic (exact) mass is 430 g/mol. The molecule has 2 aromatic heterocycles. The first kappa shape index (κ1) is 19.2. The molecule has 0 saturated carbocycles. The summed E-state index contributed by atoms with van der Waals surface area (Å²) in [5.41, 5.74) is 2.63. The Bertz CT molecular complexity index is 1170. The maximum atomic E-state index is 13.5. The Kier molecular flexibility index (Phi) is 5.80. The van der Waals surface area contributed by atoms with Crippen LogP contribution in [0.3, 0.4) is 0 Å². The summed E-state index contributed by atoms with van der Waals surface area (Å²) in [6.45, 7) is 0.521. The van der Waals surface area contributed by atoms with E-state index in [1.807, 2.05) is 41.8 Å². The van der Waals surface area contributed by atoms with Gasteiger partial charge in [0, 0.05) is 17.3 Å². The minimum Gasteiger partial charge on any atom is -0.286 e. The van der Waals surface area contributed by atoms with Gasteiger partial charge in [-0.1, -0.05) is 47.6 Å². The van der Waals surface area contributed by atoms with Crippen molar-refractivity contribution in [1.82, 2.24) is 9.55 Å². The Hall–Kier alpha value is -2.15. The van der Waals surface area contributed by atoms with Gasteiger partial charge in [-0.15, -0.1) is 11.3 Å². The van der Waals surface area contributed by atoms with E-state index in [0.717, 1.165) is 11.1 Å². The van der Waals surface area contributed by atoms with Crippen molar-refractivity contribution in [1.29, 1.82) is 0 Å². The van der Waals surface area contributed by atoms with Gasteiger partial charge in [0.05, 0.1) is 5.52 Å². The maximum absolute atomic E-state index is 13.5. The molecule has 0 saturated heterocycles. The van der Waals surface area contributed by atoms with E-state index in [1.54, 1.807) is 10.6 Å². The number of aromatic nitrogens is 2. The molecule has 142 valence electrons. The molecule has 4 rings (SSSR count). The van der Waals surface area contributed by atoms with Crippen LogP contribution in [0.5, 0.6) is 0 Å². The summed E-state index contributed by atoms with van der Waals surface area (Å²) in [5.74, 6) is 0.278. The highest BCUT2D eigenvalue weighted by Gasteiger charge is 2.13. The Morgan fingerprint density at radius 1 is 1.11 bits per heavy atom. The number of aryl methyl sites for hydroxylation is 1. The second kappa shape index (κ2) is 8.47. The van der Waals surface area contributed by atoms with E-state index in [9.17, 15) is 9.18 Å². The van der Waals surface area contributed by atoms with Gasteiger partial charge in [0.1, 0.15) is 10.5 Å². The third-order valence-corrected chi connectivity index (χ3v) is 6.52. The van der Waals surface area contributed by atoms with Crippen molar-refractivity contribution >= 4 is 44.9 Å². The third kappa shape index (κ3) is 4.29. The molecule has 0 aliphatic carbocycles. The summed E-state index contributed by atoms with van der Waals surface area (Å²) >= 11 is 8.80. The van der Waals surface area contributed by atoms with Gasteiger partial charge in [0.2, 0.25) is 0 Å². The Morgan fingerprint density at radius 2 is 1.93 bits per heavy atom. The molecule has 0 amide bonds. The number of hydrogen-bond donors (Lipinski definition) is 0. The average Bonchev–Trinajstić information content (AvgIpc) is 3.16. The van der Waals surface area contributed by atoms with Gasteiger partial charge in [-0.3, -0.25) is 9.36 Å². The lowest BCUT2D eigenvalue weighted by Gasteiger charge is -2.12. The number of hydrogen-bond acceptors (Lipinski definition) is 4. The number of halogens is 2. The van der Waals surface area contributed by atoms with Gasteiger partial charge in [-0.2, -0.15) is 0 Å². The van der Waals surface area contributed by atoms with Crippen molar-refractivity contribution < 1.29 is 4.39 Å². The van der Waals surface area contributed by atoms with E-state index >= 15 is 0 Å². The standard InChI is InChI=1S/C21H16ClFN2OS2/c22-16-6-4-14(5-7-16)8-10-25-20(26)19-18(9-11-27-19)24-21(25)28-13-15-2-1-3-17(23)12-15/h1-7,9,11-12H,8,10,13H2. The van der Waals surface area contributed by atoms with E-state index in [0.29, 0.717) is 39.1 Å². The van der Waals surface area contributed by atoms with Crippen molar-refractivity contribution in [2.45, 2.75) is 23.9 Å². The molecule has 0 bridgehead atoms. The fourth-order valence-corrected chi connectivity index (χ4v) is 4.77. The van der Waals surface area contributed by atoms with Crippen molar-refractivity contribution in [2.24, 2.45) is 0 Å². The van der Waals surface area contributed by atoms with E-state index < -0.39 is 0 Å². The molecule has 0 N–H and O–H groups in total. The summed E-state index contributed by atoms with van der Waals surface area (Å²) in [5, 5.41) is 3.21. The minimum absolute atomic E-state index is 0.0318. The lowest BCUT2D eigenvalue weighted by atomic mass is 10.1. The molecule has 0 spiro atoms. The van der Waals surface area contributed by atoms with Crippen molar-refractivity contribution in [3.8, 4) is 0 Å². The fraction of sp³-hybridized carbons (Fsp3) is 0.143. The van der Waals surface area contributed by atoms with Crippen molar-refractivity contribution in [3.63, 3.8) is 0 Å². The fourth-order valence-electron chi connectivity index (χ4n) is 2.90. The molecule has 28 heavy (non-hydrogen) atoms. The quantitative estimate of drug-likeness (QED) is 0.287. The van der Waals surface area contributed by atoms with Gasteiger partial charge < -0.3 is 0 Å². The summed E-state index contributed by atoms with van der Waals surface area (Å²) in [6, 6.07) is 16.0. The third-order valence-electron chi connectivity index (χ3n) is 4.33. The van der Waals surface area contributed by atoms with Crippen LogP contribution in [0.25, 0.3) is 10.2 Å². The number of benzene rings is 2. The molecule has 2 heterocycles. The number of nitrogens with zero attached hydrogens (tertiary/aromatic N) is 2. The molecule has 0 aliphatic rings. The van der Waals surface area contributed by atoms with E-state index in [1.165, 1.54) is 35.2 Å². The predicted octanol–water partition coefficient (Wildman–Crippen LogP) is 5.79. The van der Waals surface area contributed by atoms with Gasteiger partial charge in [0.15, 0.2) is 5.16 Å². The van der Waals surface area contributed by atoms with E-state index in [-0.39, 0.29) is 11.4 Å². The zero-order valence-corrected chi connectivity index (χ0v) is 17.2. The zero-order valence-electron chi connectivity index (χ0n) is 14.8. The van der Waals surface area contributed by atoms with E-state index in [2.05, 4.69) is 4.98 Å². The van der Waals surface area contributed by atoms with Crippen LogP contribution in [0.1, 0.15) is 11.1 Å². The molecular formula is C21H16ClFN2OS2. The highest BCUT2D eigenvalue weighted by molar-refractivity contribution is 7.98. The SMILES string of the molecule is O=c1c2sccc2nc(SCc2cccc(F)c2)n1CCc1ccc(Cl)cc1. The molecule has 0 atom stereocenters. The molecule has 0 unspecified atom stereocenters. The molecular weight excluding hydrogens is 415 g/mol. The lowest BCUT2D eigenvalue weighted by molar-refractivity contribution is 0.596. The Labute approximate surface area is 174 Å². The van der Waals surface area contributed by atoms with Crippen molar-refractivity contribution in [2.75, 3.05) is 0 Å². The molecule has 0 radical (unpaired) electrons. The number of thioether (sulfide) groups is 1. The highest BCUT2D eigenvalue weighted by atomic mass is 35.5. The largest absolute Gasteiger partial charge is 0.286 e. The Balaban J connectivity index is 1.62. The molecule has 7 heteroatoms. The van der Waals surface area contributed by atoms with Crippen LogP contribution in [0.4, 0.5) is 4.39 Å². The highest BCUT2D eigenvalue weighted by Crippen LogP contribution is 2.24. The van der Waals surface area contributed by atoms with Crippen LogP contribution in [-0.4, -0.2) is 9.55 Å². The van der Waals surface area contributed by atoms with Gasteiger partial charge in [0.25, 0.3) is 5.56 Å². The molecule has 0 fully saturated rings. The van der Waals surface area contributed by atoms with Gasteiger partial charge >= 0.3 is 0 Å². The summed E-state index contributed by atoms with van der Waals surface area (Å²) in [7, 11) is 0. The first-order valence-corrected chi connectivity index (χ1v) is 10.9. The predicted molar refractivity (Wildman–Crippen MR) is 115 cm³/mol. The number of thiophene rings is 1.